The van der Waals surface area contributed by atoms with Gasteiger partial charge < -0.3 is 9.84 Å². The summed E-state index contributed by atoms with van der Waals surface area (Å²) in [6.45, 7) is 0.456. The van der Waals surface area contributed by atoms with Crippen LogP contribution in [0.5, 0.6) is 0 Å². The topological polar surface area (TPSA) is 68.0 Å². The van der Waals surface area contributed by atoms with Gasteiger partial charge in [-0.1, -0.05) is 59.2 Å². The molecule has 2 aromatic carbocycles. The van der Waals surface area contributed by atoms with Gasteiger partial charge in [0.25, 0.3) is 0 Å². The van der Waals surface area contributed by atoms with Gasteiger partial charge in [0.05, 0.1) is 5.02 Å². The van der Waals surface area contributed by atoms with Gasteiger partial charge in [0.1, 0.15) is 0 Å². The highest BCUT2D eigenvalue weighted by Crippen LogP contribution is 2.24. The van der Waals surface area contributed by atoms with Gasteiger partial charge in [-0.2, -0.15) is 4.98 Å². The third kappa shape index (κ3) is 4.90. The summed E-state index contributed by atoms with van der Waals surface area (Å²) in [5.74, 6) is 0.934. The Morgan fingerprint density at radius 3 is 2.60 bits per heavy atom. The minimum absolute atomic E-state index is 0.00898. The Morgan fingerprint density at radius 2 is 1.80 bits per heavy atom. The molecule has 0 aliphatic heterocycles. The molecule has 128 valence electrons. The lowest BCUT2D eigenvalue weighted by Crippen LogP contribution is -2.25. The van der Waals surface area contributed by atoms with Crippen LogP contribution >= 0.6 is 11.6 Å². The van der Waals surface area contributed by atoms with Crippen molar-refractivity contribution in [1.82, 2.24) is 15.5 Å². The van der Waals surface area contributed by atoms with Crippen LogP contribution in [0.1, 0.15) is 17.9 Å². The smallest absolute Gasteiger partial charge is 0.228 e. The summed E-state index contributed by atoms with van der Waals surface area (Å²) in [6.07, 6.45) is 1.66. The second-order valence-corrected chi connectivity index (χ2v) is 5.98. The van der Waals surface area contributed by atoms with Gasteiger partial charge in [-0.3, -0.25) is 4.79 Å². The van der Waals surface area contributed by atoms with Gasteiger partial charge in [0.15, 0.2) is 0 Å². The number of carbonyl (C=O) groups is 1. The van der Waals surface area contributed by atoms with Crippen LogP contribution in [0.25, 0.3) is 11.4 Å². The average molecular weight is 356 g/mol. The summed E-state index contributed by atoms with van der Waals surface area (Å²) in [5.41, 5.74) is 1.88. The van der Waals surface area contributed by atoms with Crippen LogP contribution in [-0.2, 0) is 17.6 Å². The molecule has 0 atom stereocenters. The molecule has 0 aliphatic carbocycles. The monoisotopic (exact) mass is 355 g/mol. The lowest BCUT2D eigenvalue weighted by atomic mass is 10.1. The molecule has 0 unspecified atom stereocenters. The van der Waals surface area contributed by atoms with Gasteiger partial charge >= 0.3 is 0 Å². The number of aryl methyl sites for hydroxylation is 1. The third-order valence-corrected chi connectivity index (χ3v) is 4.06. The maximum absolute atomic E-state index is 11.9. The van der Waals surface area contributed by atoms with E-state index in [0.717, 1.165) is 17.5 Å². The fourth-order valence-corrected chi connectivity index (χ4v) is 2.63. The van der Waals surface area contributed by atoms with Crippen molar-refractivity contribution >= 4 is 17.5 Å². The minimum atomic E-state index is 0.00898. The van der Waals surface area contributed by atoms with Crippen molar-refractivity contribution in [2.75, 3.05) is 6.54 Å². The Bertz CT molecular complexity index is 833. The van der Waals surface area contributed by atoms with Crippen LogP contribution in [0.3, 0.4) is 0 Å². The van der Waals surface area contributed by atoms with Crippen LogP contribution in [0.4, 0.5) is 0 Å². The van der Waals surface area contributed by atoms with Crippen molar-refractivity contribution in [3.8, 4) is 11.4 Å². The molecular weight excluding hydrogens is 338 g/mol. The number of hydrogen-bond donors (Lipinski definition) is 1. The van der Waals surface area contributed by atoms with Crippen molar-refractivity contribution in [1.29, 1.82) is 0 Å². The number of aromatic nitrogens is 2. The molecule has 1 amide bonds. The number of nitrogens with zero attached hydrogens (tertiary/aromatic N) is 2. The number of nitrogens with one attached hydrogen (secondary N) is 1. The molecule has 0 saturated carbocycles. The van der Waals surface area contributed by atoms with Crippen molar-refractivity contribution in [3.05, 3.63) is 71.1 Å². The molecular formula is C19H18ClN3O2. The molecule has 1 aromatic heterocycles. The molecule has 1 heterocycles. The second kappa shape index (κ2) is 8.44. The van der Waals surface area contributed by atoms with E-state index in [2.05, 4.69) is 15.5 Å². The Balaban J connectivity index is 1.45. The van der Waals surface area contributed by atoms with Crippen LogP contribution in [0.2, 0.25) is 5.02 Å². The lowest BCUT2D eigenvalue weighted by molar-refractivity contribution is -0.121. The highest BCUT2D eigenvalue weighted by Gasteiger charge is 2.11. The van der Waals surface area contributed by atoms with E-state index >= 15 is 0 Å². The van der Waals surface area contributed by atoms with Crippen molar-refractivity contribution in [2.45, 2.75) is 19.3 Å². The van der Waals surface area contributed by atoms with Crippen LogP contribution < -0.4 is 5.32 Å². The van der Waals surface area contributed by atoms with Gasteiger partial charge in [-0.05, 0) is 24.1 Å². The molecule has 1 N–H and O–H groups in total. The average Bonchev–Trinajstić information content (AvgIpc) is 3.10. The standard InChI is InChI=1S/C19H18ClN3O2/c20-16-9-5-4-8-15(16)19-22-18(25-23-19)12-13-21-17(24)11-10-14-6-2-1-3-7-14/h1-9H,10-13H2,(H,21,24). The van der Waals surface area contributed by atoms with Gasteiger partial charge in [0.2, 0.25) is 17.6 Å². The van der Waals surface area contributed by atoms with Gasteiger partial charge in [-0.25, -0.2) is 0 Å². The molecule has 3 rings (SSSR count). The number of carbonyl (C=O) groups excluding carboxylic acids is 1. The first kappa shape index (κ1) is 17.2. The third-order valence-electron chi connectivity index (χ3n) is 3.73. The maximum Gasteiger partial charge on any atom is 0.228 e. The Kier molecular flexibility index (Phi) is 5.80. The predicted octanol–water partition coefficient (Wildman–Crippen LogP) is 3.68. The molecule has 0 spiro atoms. The molecule has 3 aromatic rings. The van der Waals surface area contributed by atoms with E-state index in [4.69, 9.17) is 16.1 Å². The zero-order chi connectivity index (χ0) is 17.5. The fourth-order valence-electron chi connectivity index (χ4n) is 2.41. The summed E-state index contributed by atoms with van der Waals surface area (Å²) in [5, 5.41) is 7.38. The quantitative estimate of drug-likeness (QED) is 0.702. The summed E-state index contributed by atoms with van der Waals surface area (Å²) in [4.78, 5) is 16.2. The van der Waals surface area contributed by atoms with Crippen molar-refractivity contribution in [2.24, 2.45) is 0 Å². The highest BCUT2D eigenvalue weighted by atomic mass is 35.5. The first-order valence-corrected chi connectivity index (χ1v) is 8.48. The molecule has 25 heavy (non-hydrogen) atoms. The van der Waals surface area contributed by atoms with Crippen LogP contribution in [0.15, 0.2) is 59.1 Å². The van der Waals surface area contributed by atoms with E-state index in [9.17, 15) is 4.79 Å². The largest absolute Gasteiger partial charge is 0.356 e. The van der Waals surface area contributed by atoms with E-state index in [1.165, 1.54) is 0 Å². The highest BCUT2D eigenvalue weighted by molar-refractivity contribution is 6.33. The van der Waals surface area contributed by atoms with Gasteiger partial charge in [-0.15, -0.1) is 0 Å². The summed E-state index contributed by atoms with van der Waals surface area (Å²) in [6, 6.07) is 17.3. The molecule has 0 bridgehead atoms. The first-order valence-electron chi connectivity index (χ1n) is 8.10. The summed E-state index contributed by atoms with van der Waals surface area (Å²) >= 11 is 6.12. The number of benzene rings is 2. The molecule has 6 heteroatoms. The van der Waals surface area contributed by atoms with E-state index in [-0.39, 0.29) is 5.91 Å². The molecule has 0 aliphatic rings. The van der Waals surface area contributed by atoms with Crippen LogP contribution in [0, 0.1) is 0 Å². The minimum Gasteiger partial charge on any atom is -0.356 e. The van der Waals surface area contributed by atoms with E-state index in [1.807, 2.05) is 48.5 Å². The lowest BCUT2D eigenvalue weighted by Gasteiger charge is -2.03. The maximum atomic E-state index is 11.9. The Labute approximate surface area is 151 Å². The van der Waals surface area contributed by atoms with E-state index in [1.54, 1.807) is 6.07 Å². The predicted molar refractivity (Wildman–Crippen MR) is 96.2 cm³/mol. The van der Waals surface area contributed by atoms with E-state index in [0.29, 0.717) is 36.1 Å². The Morgan fingerprint density at radius 1 is 1.04 bits per heavy atom. The number of rotatable bonds is 7. The van der Waals surface area contributed by atoms with Crippen molar-refractivity contribution in [3.63, 3.8) is 0 Å². The Hall–Kier alpha value is -2.66. The molecule has 0 fully saturated rings. The zero-order valence-electron chi connectivity index (χ0n) is 13.6. The first-order chi connectivity index (χ1) is 12.2. The summed E-state index contributed by atoms with van der Waals surface area (Å²) in [7, 11) is 0. The number of halogens is 1. The zero-order valence-corrected chi connectivity index (χ0v) is 14.4. The number of amides is 1. The van der Waals surface area contributed by atoms with Gasteiger partial charge in [0, 0.05) is 24.9 Å². The van der Waals surface area contributed by atoms with Crippen LogP contribution in [-0.4, -0.2) is 22.6 Å². The summed E-state index contributed by atoms with van der Waals surface area (Å²) < 4.78 is 5.21. The van der Waals surface area contributed by atoms with E-state index < -0.39 is 0 Å². The molecule has 0 saturated heterocycles. The SMILES string of the molecule is O=C(CCc1ccccc1)NCCc1nc(-c2ccccc2Cl)no1. The normalized spacial score (nSPS) is 10.6. The van der Waals surface area contributed by atoms with Crippen molar-refractivity contribution < 1.29 is 9.32 Å². The fraction of sp³-hybridized carbons (Fsp3) is 0.211. The molecule has 5 nitrogen and oxygen atoms in total. The second-order valence-electron chi connectivity index (χ2n) is 5.58. The number of hydrogen-bond acceptors (Lipinski definition) is 4. The molecule has 0 radical (unpaired) electrons.